The highest BCUT2D eigenvalue weighted by Crippen LogP contribution is 1.96. The quantitative estimate of drug-likeness (QED) is 0.467. The number of unbranched alkanes of at least 4 members (excludes halogenated alkanes) is 1. The maximum absolute atomic E-state index is 11.0. The molecule has 0 spiro atoms. The summed E-state index contributed by atoms with van der Waals surface area (Å²) in [5, 5.41) is 0. The lowest BCUT2D eigenvalue weighted by molar-refractivity contribution is -0.137. The summed E-state index contributed by atoms with van der Waals surface area (Å²) in [6.07, 6.45) is 4.83. The third kappa shape index (κ3) is 7.25. The highest BCUT2D eigenvalue weighted by molar-refractivity contribution is 5.95. The first-order chi connectivity index (χ1) is 6.20. The third-order valence-electron chi connectivity index (χ3n) is 1.47. The van der Waals surface area contributed by atoms with E-state index >= 15 is 0 Å². The van der Waals surface area contributed by atoms with Crippen molar-refractivity contribution in [2.24, 2.45) is 0 Å². The van der Waals surface area contributed by atoms with E-state index in [2.05, 4.69) is 4.74 Å². The van der Waals surface area contributed by atoms with Gasteiger partial charge in [0.2, 0.25) is 0 Å². The van der Waals surface area contributed by atoms with E-state index in [1.165, 1.54) is 12.2 Å². The minimum absolute atomic E-state index is 0.0186. The fourth-order valence-electron chi connectivity index (χ4n) is 0.786. The maximum Gasteiger partial charge on any atom is 0.330 e. The van der Waals surface area contributed by atoms with Gasteiger partial charge in [-0.15, -0.1) is 0 Å². The number of ketones is 1. The van der Waals surface area contributed by atoms with Crippen molar-refractivity contribution in [2.75, 3.05) is 6.61 Å². The first kappa shape index (κ1) is 11.9. The fourth-order valence-corrected chi connectivity index (χ4v) is 0.786. The second-order valence-corrected chi connectivity index (χ2v) is 2.66. The molecule has 3 nitrogen and oxygen atoms in total. The van der Waals surface area contributed by atoms with Crippen LogP contribution < -0.4 is 0 Å². The molecule has 0 fully saturated rings. The molecule has 0 bridgehead atoms. The molecule has 0 aliphatic rings. The van der Waals surface area contributed by atoms with E-state index in [-0.39, 0.29) is 5.78 Å². The molecule has 0 unspecified atom stereocenters. The summed E-state index contributed by atoms with van der Waals surface area (Å²) in [5.74, 6) is -0.470. The zero-order valence-electron chi connectivity index (χ0n) is 8.21. The van der Waals surface area contributed by atoms with Gasteiger partial charge in [-0.3, -0.25) is 4.79 Å². The Kier molecular flexibility index (Phi) is 6.88. The van der Waals surface area contributed by atoms with Crippen LogP contribution in [0.1, 0.15) is 33.1 Å². The Labute approximate surface area is 78.8 Å². The lowest BCUT2D eigenvalue weighted by atomic mass is 10.2. The van der Waals surface area contributed by atoms with Crippen LogP contribution in [-0.2, 0) is 14.3 Å². The van der Waals surface area contributed by atoms with Crippen LogP contribution >= 0.6 is 0 Å². The van der Waals surface area contributed by atoms with Gasteiger partial charge in [-0.25, -0.2) is 4.79 Å². The topological polar surface area (TPSA) is 43.4 Å². The molecule has 0 saturated carbocycles. The van der Waals surface area contributed by atoms with Crippen LogP contribution in [0.25, 0.3) is 0 Å². The second-order valence-electron chi connectivity index (χ2n) is 2.66. The van der Waals surface area contributed by atoms with Gasteiger partial charge < -0.3 is 4.74 Å². The molecule has 0 saturated heterocycles. The number of rotatable bonds is 6. The SMILES string of the molecule is CCCCC(=O)C=CC(=O)OCC. The number of hydrogen-bond donors (Lipinski definition) is 0. The summed E-state index contributed by atoms with van der Waals surface area (Å²) >= 11 is 0. The zero-order chi connectivity index (χ0) is 10.1. The molecule has 3 heteroatoms. The molecule has 0 aromatic heterocycles. The number of esters is 1. The minimum Gasteiger partial charge on any atom is -0.463 e. The van der Waals surface area contributed by atoms with Crippen molar-refractivity contribution < 1.29 is 14.3 Å². The summed E-state index contributed by atoms with van der Waals surface area (Å²) in [6, 6.07) is 0. The van der Waals surface area contributed by atoms with Gasteiger partial charge >= 0.3 is 5.97 Å². The molecule has 0 radical (unpaired) electrons. The van der Waals surface area contributed by atoms with Crippen molar-refractivity contribution in [3.8, 4) is 0 Å². The van der Waals surface area contributed by atoms with Crippen LogP contribution in [-0.4, -0.2) is 18.4 Å². The van der Waals surface area contributed by atoms with E-state index in [0.29, 0.717) is 13.0 Å². The Balaban J connectivity index is 3.69. The molecule has 0 heterocycles. The van der Waals surface area contributed by atoms with Gasteiger partial charge in [0.05, 0.1) is 6.61 Å². The van der Waals surface area contributed by atoms with E-state index in [9.17, 15) is 9.59 Å². The Hall–Kier alpha value is -1.12. The summed E-state index contributed by atoms with van der Waals surface area (Å²) in [4.78, 5) is 21.8. The highest BCUT2D eigenvalue weighted by atomic mass is 16.5. The summed E-state index contributed by atoms with van der Waals surface area (Å²) in [6.45, 7) is 4.08. The lowest BCUT2D eigenvalue weighted by Gasteiger charge is -1.94. The molecule has 0 aliphatic heterocycles. The van der Waals surface area contributed by atoms with E-state index in [4.69, 9.17) is 0 Å². The summed E-state index contributed by atoms with van der Waals surface area (Å²) in [7, 11) is 0. The van der Waals surface area contributed by atoms with E-state index in [1.807, 2.05) is 6.92 Å². The highest BCUT2D eigenvalue weighted by Gasteiger charge is 1.98. The number of carbonyl (C=O) groups is 2. The van der Waals surface area contributed by atoms with Crippen molar-refractivity contribution in [1.29, 1.82) is 0 Å². The van der Waals surface area contributed by atoms with E-state index in [1.54, 1.807) is 6.92 Å². The molecule has 0 N–H and O–H groups in total. The van der Waals surface area contributed by atoms with Crippen molar-refractivity contribution >= 4 is 11.8 Å². The van der Waals surface area contributed by atoms with Gasteiger partial charge in [0.1, 0.15) is 0 Å². The third-order valence-corrected chi connectivity index (χ3v) is 1.47. The van der Waals surface area contributed by atoms with Crippen LogP contribution in [0.4, 0.5) is 0 Å². The second kappa shape index (κ2) is 7.53. The van der Waals surface area contributed by atoms with Gasteiger partial charge in [0, 0.05) is 12.5 Å². The van der Waals surface area contributed by atoms with Gasteiger partial charge in [-0.05, 0) is 19.4 Å². The predicted molar refractivity (Wildman–Crippen MR) is 50.3 cm³/mol. The molecular weight excluding hydrogens is 168 g/mol. The molecule has 0 amide bonds. The standard InChI is InChI=1S/C10H16O3/c1-3-5-6-9(11)7-8-10(12)13-4-2/h7-8H,3-6H2,1-2H3. The van der Waals surface area contributed by atoms with Gasteiger partial charge in [0.25, 0.3) is 0 Å². The Morgan fingerprint density at radius 2 is 1.92 bits per heavy atom. The Morgan fingerprint density at radius 1 is 1.23 bits per heavy atom. The smallest absolute Gasteiger partial charge is 0.330 e. The minimum atomic E-state index is -0.452. The van der Waals surface area contributed by atoms with Gasteiger partial charge in [-0.2, -0.15) is 0 Å². The normalized spacial score (nSPS) is 10.3. The molecule has 0 aromatic rings. The number of hydrogen-bond acceptors (Lipinski definition) is 3. The average molecular weight is 184 g/mol. The Bertz CT molecular complexity index is 194. The van der Waals surface area contributed by atoms with E-state index in [0.717, 1.165) is 12.8 Å². The summed E-state index contributed by atoms with van der Waals surface area (Å²) < 4.78 is 4.62. The lowest BCUT2D eigenvalue weighted by Crippen LogP contribution is -2.01. The molecule has 74 valence electrons. The maximum atomic E-state index is 11.0. The van der Waals surface area contributed by atoms with Crippen LogP contribution in [0.3, 0.4) is 0 Å². The monoisotopic (exact) mass is 184 g/mol. The van der Waals surface area contributed by atoms with Gasteiger partial charge in [-0.1, -0.05) is 13.3 Å². The predicted octanol–water partition coefficient (Wildman–Crippen LogP) is 1.86. The molecule has 0 atom stereocenters. The molecule has 0 aliphatic carbocycles. The number of allylic oxidation sites excluding steroid dienone is 1. The summed E-state index contributed by atoms with van der Waals surface area (Å²) in [5.41, 5.74) is 0. The van der Waals surface area contributed by atoms with Crippen LogP contribution in [0.5, 0.6) is 0 Å². The van der Waals surface area contributed by atoms with Crippen molar-refractivity contribution in [1.82, 2.24) is 0 Å². The largest absolute Gasteiger partial charge is 0.463 e. The molecular formula is C10H16O3. The Morgan fingerprint density at radius 3 is 2.46 bits per heavy atom. The number of ether oxygens (including phenoxy) is 1. The van der Waals surface area contributed by atoms with Crippen molar-refractivity contribution in [3.63, 3.8) is 0 Å². The number of carbonyl (C=O) groups excluding carboxylic acids is 2. The van der Waals surface area contributed by atoms with Crippen LogP contribution in [0.15, 0.2) is 12.2 Å². The van der Waals surface area contributed by atoms with E-state index < -0.39 is 5.97 Å². The first-order valence-corrected chi connectivity index (χ1v) is 4.58. The average Bonchev–Trinajstić information content (AvgIpc) is 2.12. The van der Waals surface area contributed by atoms with Crippen molar-refractivity contribution in [3.05, 3.63) is 12.2 Å². The molecule has 13 heavy (non-hydrogen) atoms. The fraction of sp³-hybridized carbons (Fsp3) is 0.600. The zero-order valence-corrected chi connectivity index (χ0v) is 8.21. The molecule has 0 rings (SSSR count). The van der Waals surface area contributed by atoms with Crippen molar-refractivity contribution in [2.45, 2.75) is 33.1 Å². The first-order valence-electron chi connectivity index (χ1n) is 4.58. The van der Waals surface area contributed by atoms with Crippen LogP contribution in [0, 0.1) is 0 Å². The van der Waals surface area contributed by atoms with Crippen LogP contribution in [0.2, 0.25) is 0 Å². The van der Waals surface area contributed by atoms with Gasteiger partial charge in [0.15, 0.2) is 5.78 Å². The molecule has 0 aromatic carbocycles.